The summed E-state index contributed by atoms with van der Waals surface area (Å²) in [5.41, 5.74) is 0.360. The number of hydrogen-bond acceptors (Lipinski definition) is 5. The lowest BCUT2D eigenvalue weighted by molar-refractivity contribution is 0.382. The van der Waals surface area contributed by atoms with Crippen LogP contribution in [0.5, 0.6) is 0 Å². The molecule has 1 saturated heterocycles. The topological polar surface area (TPSA) is 92.4 Å². The second-order valence-electron chi connectivity index (χ2n) is 4.24. The van der Waals surface area contributed by atoms with Crippen LogP contribution in [0.25, 0.3) is 0 Å². The average molecular weight is 289 g/mol. The molecule has 0 amide bonds. The first-order chi connectivity index (χ1) is 8.93. The molecule has 0 saturated carbocycles. The van der Waals surface area contributed by atoms with Crippen molar-refractivity contribution in [2.45, 2.75) is 13.3 Å². The third kappa shape index (κ3) is 2.99. The molecular formula is C10H16FN5O2S. The Hall–Kier alpha value is -1.32. The third-order valence-electron chi connectivity index (χ3n) is 3.08. The van der Waals surface area contributed by atoms with Crippen LogP contribution in [0.4, 0.5) is 10.2 Å². The number of anilines is 1. The Kier molecular flexibility index (Phi) is 3.97. The van der Waals surface area contributed by atoms with Crippen molar-refractivity contribution >= 4 is 16.0 Å². The summed E-state index contributed by atoms with van der Waals surface area (Å²) in [6.45, 7) is 2.97. The Morgan fingerprint density at radius 3 is 2.47 bits per heavy atom. The number of nitrogens with two attached hydrogens (primary N) is 1. The summed E-state index contributed by atoms with van der Waals surface area (Å²) >= 11 is 0. The number of halogens is 1. The van der Waals surface area contributed by atoms with Gasteiger partial charge in [-0.25, -0.2) is 19.5 Å². The molecule has 1 aliphatic rings. The molecular weight excluding hydrogens is 273 g/mol. The van der Waals surface area contributed by atoms with Gasteiger partial charge < -0.3 is 4.90 Å². The maximum absolute atomic E-state index is 14.1. The van der Waals surface area contributed by atoms with Gasteiger partial charge in [-0.2, -0.15) is 12.7 Å². The van der Waals surface area contributed by atoms with Crippen molar-refractivity contribution in [3.8, 4) is 0 Å². The van der Waals surface area contributed by atoms with E-state index in [9.17, 15) is 12.8 Å². The standard InChI is InChI=1S/C10H16FN5O2S/c1-2-8-9(11)10(14-7-13-8)15-3-5-16(6-4-15)19(12,17)18/h7H,2-6H2,1H3,(H2,12,17,18). The van der Waals surface area contributed by atoms with Crippen molar-refractivity contribution in [2.24, 2.45) is 5.14 Å². The molecule has 0 radical (unpaired) electrons. The summed E-state index contributed by atoms with van der Waals surface area (Å²) in [4.78, 5) is 9.51. The highest BCUT2D eigenvalue weighted by atomic mass is 32.2. The van der Waals surface area contributed by atoms with E-state index in [2.05, 4.69) is 9.97 Å². The highest BCUT2D eigenvalue weighted by molar-refractivity contribution is 7.86. The van der Waals surface area contributed by atoms with Gasteiger partial charge in [0.05, 0.1) is 5.69 Å². The van der Waals surface area contributed by atoms with E-state index >= 15 is 0 Å². The Bertz CT molecular complexity index is 557. The number of aryl methyl sites for hydroxylation is 1. The molecule has 0 spiro atoms. The van der Waals surface area contributed by atoms with Crippen molar-refractivity contribution in [1.29, 1.82) is 0 Å². The summed E-state index contributed by atoms with van der Waals surface area (Å²) in [5.74, 6) is -0.213. The maximum Gasteiger partial charge on any atom is 0.277 e. The fraction of sp³-hybridized carbons (Fsp3) is 0.600. The van der Waals surface area contributed by atoms with Gasteiger partial charge in [0.1, 0.15) is 6.33 Å². The molecule has 106 valence electrons. The van der Waals surface area contributed by atoms with E-state index in [0.29, 0.717) is 25.2 Å². The van der Waals surface area contributed by atoms with Crippen molar-refractivity contribution in [3.05, 3.63) is 17.8 Å². The van der Waals surface area contributed by atoms with E-state index in [1.807, 2.05) is 6.92 Å². The fourth-order valence-corrected chi connectivity index (χ4v) is 2.69. The summed E-state index contributed by atoms with van der Waals surface area (Å²) in [6.07, 6.45) is 1.81. The number of rotatable bonds is 3. The zero-order valence-corrected chi connectivity index (χ0v) is 11.4. The molecule has 2 rings (SSSR count). The van der Waals surface area contributed by atoms with Crippen LogP contribution in [0, 0.1) is 5.82 Å². The molecule has 0 atom stereocenters. The van der Waals surface area contributed by atoms with Crippen LogP contribution in [0.1, 0.15) is 12.6 Å². The fourth-order valence-electron chi connectivity index (χ4n) is 2.02. The molecule has 1 aromatic rings. The van der Waals surface area contributed by atoms with Crippen molar-refractivity contribution in [1.82, 2.24) is 14.3 Å². The molecule has 1 aliphatic heterocycles. The van der Waals surface area contributed by atoms with Crippen molar-refractivity contribution in [2.75, 3.05) is 31.1 Å². The predicted octanol–water partition coefficient (Wildman–Crippen LogP) is -0.496. The minimum absolute atomic E-state index is 0.223. The van der Waals surface area contributed by atoms with E-state index in [-0.39, 0.29) is 18.9 Å². The zero-order valence-electron chi connectivity index (χ0n) is 10.6. The molecule has 9 heteroatoms. The Morgan fingerprint density at radius 2 is 1.95 bits per heavy atom. The highest BCUT2D eigenvalue weighted by Crippen LogP contribution is 2.20. The minimum Gasteiger partial charge on any atom is -0.351 e. The SMILES string of the molecule is CCc1ncnc(N2CCN(S(N)(=O)=O)CC2)c1F. The van der Waals surface area contributed by atoms with Crippen LogP contribution < -0.4 is 10.0 Å². The second kappa shape index (κ2) is 5.35. The molecule has 2 heterocycles. The van der Waals surface area contributed by atoms with Crippen LogP contribution in [-0.2, 0) is 16.6 Å². The normalized spacial score (nSPS) is 17.7. The minimum atomic E-state index is -3.67. The molecule has 0 unspecified atom stereocenters. The van der Waals surface area contributed by atoms with Gasteiger partial charge in [0, 0.05) is 26.2 Å². The molecule has 0 bridgehead atoms. The Balaban J connectivity index is 2.14. The lowest BCUT2D eigenvalue weighted by Gasteiger charge is -2.33. The molecule has 1 fully saturated rings. The van der Waals surface area contributed by atoms with Crippen LogP contribution in [0.3, 0.4) is 0 Å². The molecule has 7 nitrogen and oxygen atoms in total. The summed E-state index contributed by atoms with van der Waals surface area (Å²) in [6, 6.07) is 0. The van der Waals surface area contributed by atoms with Crippen molar-refractivity contribution < 1.29 is 12.8 Å². The molecule has 1 aromatic heterocycles. The van der Waals surface area contributed by atoms with Gasteiger partial charge in [-0.05, 0) is 6.42 Å². The summed E-state index contributed by atoms with van der Waals surface area (Å²) < 4.78 is 37.6. The van der Waals surface area contributed by atoms with Crippen LogP contribution >= 0.6 is 0 Å². The predicted molar refractivity (Wildman–Crippen MR) is 68.3 cm³/mol. The Morgan fingerprint density at radius 1 is 1.32 bits per heavy atom. The van der Waals surface area contributed by atoms with Gasteiger partial charge in [-0.1, -0.05) is 6.92 Å². The van der Waals surface area contributed by atoms with Gasteiger partial charge in [0.15, 0.2) is 11.6 Å². The maximum atomic E-state index is 14.1. The lowest BCUT2D eigenvalue weighted by atomic mass is 10.2. The first-order valence-electron chi connectivity index (χ1n) is 5.95. The van der Waals surface area contributed by atoms with E-state index in [4.69, 9.17) is 5.14 Å². The van der Waals surface area contributed by atoms with E-state index < -0.39 is 16.0 Å². The number of nitrogens with zero attached hydrogens (tertiary/aromatic N) is 4. The first-order valence-corrected chi connectivity index (χ1v) is 7.46. The third-order valence-corrected chi connectivity index (χ3v) is 4.16. The van der Waals surface area contributed by atoms with Gasteiger partial charge in [0.25, 0.3) is 10.2 Å². The van der Waals surface area contributed by atoms with Gasteiger partial charge in [-0.3, -0.25) is 0 Å². The van der Waals surface area contributed by atoms with E-state index in [0.717, 1.165) is 0 Å². The Labute approximate surface area is 111 Å². The van der Waals surface area contributed by atoms with Gasteiger partial charge in [0.2, 0.25) is 0 Å². The van der Waals surface area contributed by atoms with Gasteiger partial charge in [-0.15, -0.1) is 0 Å². The quantitative estimate of drug-likeness (QED) is 0.810. The number of hydrogen-bond donors (Lipinski definition) is 1. The second-order valence-corrected chi connectivity index (χ2v) is 5.79. The van der Waals surface area contributed by atoms with Crippen LogP contribution in [0.2, 0.25) is 0 Å². The van der Waals surface area contributed by atoms with E-state index in [1.54, 1.807) is 4.90 Å². The molecule has 19 heavy (non-hydrogen) atoms. The highest BCUT2D eigenvalue weighted by Gasteiger charge is 2.26. The summed E-state index contributed by atoms with van der Waals surface area (Å²) in [5, 5.41) is 5.05. The van der Waals surface area contributed by atoms with Crippen LogP contribution in [-0.4, -0.2) is 48.9 Å². The monoisotopic (exact) mass is 289 g/mol. The largest absolute Gasteiger partial charge is 0.351 e. The number of aromatic nitrogens is 2. The van der Waals surface area contributed by atoms with Crippen molar-refractivity contribution in [3.63, 3.8) is 0 Å². The van der Waals surface area contributed by atoms with Crippen LogP contribution in [0.15, 0.2) is 6.33 Å². The van der Waals surface area contributed by atoms with Gasteiger partial charge >= 0.3 is 0 Å². The lowest BCUT2D eigenvalue weighted by Crippen LogP contribution is -2.51. The number of piperazine rings is 1. The smallest absolute Gasteiger partial charge is 0.277 e. The molecule has 0 aromatic carbocycles. The first kappa shape index (κ1) is 14.1. The zero-order chi connectivity index (χ0) is 14.0. The van der Waals surface area contributed by atoms with E-state index in [1.165, 1.54) is 10.6 Å². The summed E-state index contributed by atoms with van der Waals surface area (Å²) in [7, 11) is -3.67. The molecule has 2 N–H and O–H groups in total. The molecule has 0 aliphatic carbocycles. The average Bonchev–Trinajstić information content (AvgIpc) is 2.38.